The van der Waals surface area contributed by atoms with Crippen LogP contribution in [0.1, 0.15) is 0 Å². The number of hydrogen-bond acceptors (Lipinski definition) is 2. The molecule has 0 radical (unpaired) electrons. The van der Waals surface area contributed by atoms with Crippen LogP contribution < -0.4 is 0 Å². The first-order valence-corrected chi connectivity index (χ1v) is 4.16. The van der Waals surface area contributed by atoms with Crippen molar-refractivity contribution in [1.29, 1.82) is 0 Å². The summed E-state index contributed by atoms with van der Waals surface area (Å²) < 4.78 is 57.3. The molecule has 0 saturated carbocycles. The molecule has 2 nitrogen and oxygen atoms in total. The third kappa shape index (κ3) is 2.05. The van der Waals surface area contributed by atoms with E-state index in [4.69, 9.17) is 5.11 Å². The van der Waals surface area contributed by atoms with Gasteiger partial charge < -0.3 is 9.84 Å². The molecule has 1 aliphatic carbocycles. The predicted octanol–water partition coefficient (Wildman–Crippen LogP) is 1.76. The number of halogens is 4. The summed E-state index contributed by atoms with van der Waals surface area (Å²) in [6.45, 7) is -1.81. The molecule has 1 N–H and O–H groups in total. The third-order valence-corrected chi connectivity index (χ3v) is 2.11. The van der Waals surface area contributed by atoms with Crippen LogP contribution in [0.4, 0.5) is 17.6 Å². The van der Waals surface area contributed by atoms with Gasteiger partial charge >= 0.3 is 0 Å². The van der Waals surface area contributed by atoms with Crippen LogP contribution in [0.3, 0.4) is 0 Å². The monoisotopic (exact) mass is 226 g/mol. The van der Waals surface area contributed by atoms with Crippen LogP contribution in [0.2, 0.25) is 0 Å². The Bertz CT molecular complexity index is 313. The zero-order chi connectivity index (χ0) is 11.6. The number of aliphatic hydroxyl groups excluding tert-OH is 1. The molecule has 0 aromatic carbocycles. The summed E-state index contributed by atoms with van der Waals surface area (Å²) in [4.78, 5) is 0. The fraction of sp³-hybridized carbons (Fsp3) is 0.556. The average molecular weight is 226 g/mol. The van der Waals surface area contributed by atoms with Crippen LogP contribution in [-0.4, -0.2) is 37.3 Å². The lowest BCUT2D eigenvalue weighted by Crippen LogP contribution is -2.41. The third-order valence-electron chi connectivity index (χ3n) is 2.11. The van der Waals surface area contributed by atoms with Gasteiger partial charge in [-0.15, -0.1) is 0 Å². The van der Waals surface area contributed by atoms with Gasteiger partial charge in [0.05, 0.1) is 13.2 Å². The molecular formula is C9H10F4O2. The fourth-order valence-electron chi connectivity index (χ4n) is 1.34. The van der Waals surface area contributed by atoms with E-state index in [0.29, 0.717) is 0 Å². The van der Waals surface area contributed by atoms with E-state index in [-0.39, 0.29) is 6.08 Å². The Hall–Kier alpha value is -0.880. The van der Waals surface area contributed by atoms with Gasteiger partial charge in [-0.05, 0) is 6.08 Å². The SMILES string of the molecule is COCC1(F)C=C(F)C(CO)=C(F)C1F. The molecule has 1 rings (SSSR count). The van der Waals surface area contributed by atoms with Gasteiger partial charge in [0.1, 0.15) is 11.7 Å². The largest absolute Gasteiger partial charge is 0.391 e. The number of allylic oxidation sites excluding steroid dienone is 1. The number of aliphatic hydroxyl groups is 1. The van der Waals surface area contributed by atoms with E-state index in [2.05, 4.69) is 4.74 Å². The number of ether oxygens (including phenoxy) is 1. The van der Waals surface area contributed by atoms with Crippen LogP contribution in [0.5, 0.6) is 0 Å². The summed E-state index contributed by atoms with van der Waals surface area (Å²) in [5.74, 6) is -2.93. The van der Waals surface area contributed by atoms with Crippen molar-refractivity contribution in [3.63, 3.8) is 0 Å². The van der Waals surface area contributed by atoms with Crippen molar-refractivity contribution in [2.75, 3.05) is 20.3 Å². The summed E-state index contributed by atoms with van der Waals surface area (Å²) in [5, 5.41) is 8.55. The van der Waals surface area contributed by atoms with Gasteiger partial charge in [-0.2, -0.15) is 0 Å². The lowest BCUT2D eigenvalue weighted by atomic mass is 9.91. The number of alkyl halides is 2. The lowest BCUT2D eigenvalue weighted by Gasteiger charge is -2.28. The fourth-order valence-corrected chi connectivity index (χ4v) is 1.34. The van der Waals surface area contributed by atoms with E-state index in [1.807, 2.05) is 0 Å². The highest BCUT2D eigenvalue weighted by Crippen LogP contribution is 2.38. The highest BCUT2D eigenvalue weighted by Gasteiger charge is 2.46. The minimum absolute atomic E-state index is 0.288. The quantitative estimate of drug-likeness (QED) is 0.743. The maximum atomic E-state index is 13.6. The number of methoxy groups -OCH3 is 1. The van der Waals surface area contributed by atoms with Crippen LogP contribution in [-0.2, 0) is 4.74 Å². The van der Waals surface area contributed by atoms with E-state index in [1.54, 1.807) is 0 Å². The summed E-state index contributed by atoms with van der Waals surface area (Å²) in [7, 11) is 1.09. The molecule has 0 aromatic heterocycles. The molecule has 2 atom stereocenters. The first kappa shape index (κ1) is 12.2. The van der Waals surface area contributed by atoms with Gasteiger partial charge in [-0.3, -0.25) is 0 Å². The van der Waals surface area contributed by atoms with E-state index < -0.39 is 42.3 Å². The Morgan fingerprint density at radius 1 is 1.53 bits per heavy atom. The Labute approximate surface area is 83.8 Å². The molecular weight excluding hydrogens is 216 g/mol. The molecule has 0 amide bonds. The predicted molar refractivity (Wildman–Crippen MR) is 45.0 cm³/mol. The van der Waals surface area contributed by atoms with Crippen LogP contribution >= 0.6 is 0 Å². The highest BCUT2D eigenvalue weighted by atomic mass is 19.2. The topological polar surface area (TPSA) is 29.5 Å². The zero-order valence-corrected chi connectivity index (χ0v) is 7.94. The second-order valence-corrected chi connectivity index (χ2v) is 3.20. The maximum absolute atomic E-state index is 13.6. The first-order chi connectivity index (χ1) is 6.96. The molecule has 0 heterocycles. The van der Waals surface area contributed by atoms with Crippen molar-refractivity contribution in [2.24, 2.45) is 0 Å². The molecule has 1 aliphatic rings. The van der Waals surface area contributed by atoms with Gasteiger partial charge in [-0.25, -0.2) is 17.6 Å². The molecule has 0 bridgehead atoms. The molecule has 15 heavy (non-hydrogen) atoms. The van der Waals surface area contributed by atoms with Gasteiger partial charge in [0.15, 0.2) is 11.8 Å². The Morgan fingerprint density at radius 2 is 2.13 bits per heavy atom. The highest BCUT2D eigenvalue weighted by molar-refractivity contribution is 5.39. The van der Waals surface area contributed by atoms with Gasteiger partial charge in [0.2, 0.25) is 0 Å². The molecule has 0 aromatic rings. The Kier molecular flexibility index (Phi) is 3.51. The zero-order valence-electron chi connectivity index (χ0n) is 7.94. The van der Waals surface area contributed by atoms with Crippen LogP contribution in [0.15, 0.2) is 23.3 Å². The van der Waals surface area contributed by atoms with E-state index in [0.717, 1.165) is 7.11 Å². The van der Waals surface area contributed by atoms with Crippen molar-refractivity contribution in [3.05, 3.63) is 23.3 Å². The average Bonchev–Trinajstić information content (AvgIpc) is 2.15. The minimum atomic E-state index is -2.86. The first-order valence-electron chi connectivity index (χ1n) is 4.16. The Morgan fingerprint density at radius 3 is 2.60 bits per heavy atom. The molecule has 0 aliphatic heterocycles. The normalized spacial score (nSPS) is 31.9. The summed E-state index contributed by atoms with van der Waals surface area (Å²) in [5.41, 5.74) is -3.71. The summed E-state index contributed by atoms with van der Waals surface area (Å²) >= 11 is 0. The van der Waals surface area contributed by atoms with E-state index >= 15 is 0 Å². The van der Waals surface area contributed by atoms with Crippen molar-refractivity contribution in [2.45, 2.75) is 11.8 Å². The summed E-state index contributed by atoms with van der Waals surface area (Å²) in [6.07, 6.45) is -2.37. The molecule has 6 heteroatoms. The van der Waals surface area contributed by atoms with Crippen LogP contribution in [0, 0.1) is 0 Å². The smallest absolute Gasteiger partial charge is 0.192 e. The van der Waals surface area contributed by atoms with Crippen molar-refractivity contribution < 1.29 is 27.4 Å². The van der Waals surface area contributed by atoms with Crippen molar-refractivity contribution >= 4 is 0 Å². The van der Waals surface area contributed by atoms with Crippen molar-refractivity contribution in [3.8, 4) is 0 Å². The maximum Gasteiger partial charge on any atom is 0.192 e. The summed E-state index contributed by atoms with van der Waals surface area (Å²) in [6, 6.07) is 0. The second-order valence-electron chi connectivity index (χ2n) is 3.20. The van der Waals surface area contributed by atoms with Crippen molar-refractivity contribution in [1.82, 2.24) is 0 Å². The van der Waals surface area contributed by atoms with Crippen LogP contribution in [0.25, 0.3) is 0 Å². The molecule has 0 spiro atoms. The molecule has 86 valence electrons. The van der Waals surface area contributed by atoms with E-state index in [9.17, 15) is 17.6 Å². The minimum Gasteiger partial charge on any atom is -0.391 e. The second kappa shape index (κ2) is 4.32. The van der Waals surface area contributed by atoms with Gasteiger partial charge in [-0.1, -0.05) is 0 Å². The Balaban J connectivity index is 3.09. The standard InChI is InChI=1S/C9H10F4O2/c1-15-4-9(13)2-6(10)5(3-14)7(11)8(9)12/h2,8,14H,3-4H2,1H3. The van der Waals surface area contributed by atoms with Gasteiger partial charge in [0.25, 0.3) is 0 Å². The van der Waals surface area contributed by atoms with E-state index in [1.165, 1.54) is 0 Å². The number of hydrogen-bond donors (Lipinski definition) is 1. The number of rotatable bonds is 3. The molecule has 2 unspecified atom stereocenters. The molecule has 0 fully saturated rings. The van der Waals surface area contributed by atoms with Gasteiger partial charge in [0, 0.05) is 12.7 Å². The molecule has 0 saturated heterocycles. The lowest BCUT2D eigenvalue weighted by molar-refractivity contribution is 0.0156.